The van der Waals surface area contributed by atoms with E-state index in [2.05, 4.69) is 15.4 Å². The first-order valence-electron chi connectivity index (χ1n) is 5.29. The lowest BCUT2D eigenvalue weighted by Crippen LogP contribution is -2.12. The molecule has 17 heavy (non-hydrogen) atoms. The van der Waals surface area contributed by atoms with Crippen LogP contribution in [0.1, 0.15) is 5.56 Å². The van der Waals surface area contributed by atoms with Crippen molar-refractivity contribution >= 4 is 23.1 Å². The summed E-state index contributed by atoms with van der Waals surface area (Å²) in [5.41, 5.74) is 7.47. The van der Waals surface area contributed by atoms with E-state index in [4.69, 9.17) is 17.3 Å². The summed E-state index contributed by atoms with van der Waals surface area (Å²) in [7, 11) is 0. The number of nitrogens with one attached hydrogen (secondary N) is 1. The molecule has 0 fully saturated rings. The molecule has 0 aliphatic rings. The number of anilines is 2. The summed E-state index contributed by atoms with van der Waals surface area (Å²) in [5.74, 6) is 0.651. The Kier molecular flexibility index (Phi) is 3.49. The Morgan fingerprint density at radius 3 is 2.94 bits per heavy atom. The fraction of sp³-hybridized carbons (Fsp3) is 0.273. The maximum absolute atomic E-state index is 5.77. The zero-order chi connectivity index (χ0) is 12.3. The van der Waals surface area contributed by atoms with Crippen molar-refractivity contribution in [3.05, 3.63) is 35.2 Å². The number of pyridine rings is 1. The number of nitrogens with two attached hydrogens (primary N) is 1. The van der Waals surface area contributed by atoms with Crippen LogP contribution in [-0.4, -0.2) is 21.3 Å². The van der Waals surface area contributed by atoms with Crippen LogP contribution in [-0.2, 0) is 6.54 Å². The molecular weight excluding hydrogens is 238 g/mol. The van der Waals surface area contributed by atoms with Gasteiger partial charge in [0.1, 0.15) is 5.82 Å². The van der Waals surface area contributed by atoms with Crippen molar-refractivity contribution < 1.29 is 0 Å². The average molecular weight is 252 g/mol. The van der Waals surface area contributed by atoms with E-state index in [1.165, 1.54) is 0 Å². The van der Waals surface area contributed by atoms with E-state index in [9.17, 15) is 0 Å². The topological polar surface area (TPSA) is 68.8 Å². The third-order valence-electron chi connectivity index (χ3n) is 2.28. The van der Waals surface area contributed by atoms with Gasteiger partial charge in [0.25, 0.3) is 0 Å². The Balaban J connectivity index is 1.90. The number of nitrogens with zero attached hydrogens (tertiary/aromatic N) is 3. The number of hydrogen-bond donors (Lipinski definition) is 2. The summed E-state index contributed by atoms with van der Waals surface area (Å²) in [6, 6.07) is 1.68. The van der Waals surface area contributed by atoms with E-state index in [1.54, 1.807) is 12.3 Å². The minimum atomic E-state index is 0.538. The predicted molar refractivity (Wildman–Crippen MR) is 69.1 cm³/mol. The van der Waals surface area contributed by atoms with Crippen LogP contribution in [0.15, 0.2) is 24.7 Å². The minimum absolute atomic E-state index is 0.538. The average Bonchev–Trinajstić information content (AvgIpc) is 2.68. The third kappa shape index (κ3) is 3.10. The largest absolute Gasteiger partial charge is 0.396 e. The lowest BCUT2D eigenvalue weighted by atomic mass is 10.4. The van der Waals surface area contributed by atoms with Crippen LogP contribution in [0.4, 0.5) is 11.5 Å². The Bertz CT molecular complexity index is 508. The molecule has 0 atom stereocenters. The zero-order valence-corrected chi connectivity index (χ0v) is 10.3. The molecule has 0 aromatic carbocycles. The molecule has 5 nitrogen and oxygen atoms in total. The van der Waals surface area contributed by atoms with Crippen LogP contribution < -0.4 is 11.1 Å². The fourth-order valence-electron chi connectivity index (χ4n) is 1.48. The molecular formula is C11H14ClN5. The Morgan fingerprint density at radius 2 is 2.29 bits per heavy atom. The number of aromatic nitrogens is 3. The highest BCUT2D eigenvalue weighted by Crippen LogP contribution is 2.18. The molecule has 0 unspecified atom stereocenters. The Morgan fingerprint density at radius 1 is 1.47 bits per heavy atom. The molecule has 6 heteroatoms. The molecule has 3 N–H and O–H groups in total. The smallest absolute Gasteiger partial charge is 0.149 e. The van der Waals surface area contributed by atoms with Gasteiger partial charge < -0.3 is 11.1 Å². The molecule has 0 saturated carbocycles. The maximum Gasteiger partial charge on any atom is 0.149 e. The van der Waals surface area contributed by atoms with Gasteiger partial charge in [0.15, 0.2) is 0 Å². The number of halogens is 1. The van der Waals surface area contributed by atoms with Crippen molar-refractivity contribution in [1.82, 2.24) is 14.8 Å². The molecule has 0 aliphatic heterocycles. The third-order valence-corrected chi connectivity index (χ3v) is 2.49. The van der Waals surface area contributed by atoms with Gasteiger partial charge in [0, 0.05) is 18.9 Å². The van der Waals surface area contributed by atoms with Gasteiger partial charge in [-0.05, 0) is 18.6 Å². The van der Waals surface area contributed by atoms with Gasteiger partial charge in [-0.15, -0.1) is 0 Å². The van der Waals surface area contributed by atoms with Crippen LogP contribution in [0.25, 0.3) is 0 Å². The van der Waals surface area contributed by atoms with E-state index in [-0.39, 0.29) is 0 Å². The van der Waals surface area contributed by atoms with Gasteiger partial charge in [-0.25, -0.2) is 4.98 Å². The van der Waals surface area contributed by atoms with Crippen molar-refractivity contribution in [3.8, 4) is 0 Å². The minimum Gasteiger partial charge on any atom is -0.396 e. The predicted octanol–water partition coefficient (Wildman–Crippen LogP) is 1.93. The lowest BCUT2D eigenvalue weighted by molar-refractivity contribution is 0.637. The van der Waals surface area contributed by atoms with Crippen molar-refractivity contribution in [1.29, 1.82) is 0 Å². The Hall–Kier alpha value is -1.75. The maximum atomic E-state index is 5.77. The zero-order valence-electron chi connectivity index (χ0n) is 9.52. The van der Waals surface area contributed by atoms with E-state index < -0.39 is 0 Å². The van der Waals surface area contributed by atoms with Crippen LogP contribution in [0.5, 0.6) is 0 Å². The molecule has 0 spiro atoms. The van der Waals surface area contributed by atoms with Gasteiger partial charge in [-0.1, -0.05) is 11.6 Å². The quantitative estimate of drug-likeness (QED) is 0.871. The van der Waals surface area contributed by atoms with Crippen LogP contribution in [0.2, 0.25) is 5.02 Å². The van der Waals surface area contributed by atoms with Crippen LogP contribution >= 0.6 is 11.6 Å². The fourth-order valence-corrected chi connectivity index (χ4v) is 1.65. The van der Waals surface area contributed by atoms with Crippen LogP contribution in [0, 0.1) is 6.92 Å². The van der Waals surface area contributed by atoms with Gasteiger partial charge in [-0.3, -0.25) is 4.68 Å². The van der Waals surface area contributed by atoms with Crippen LogP contribution in [0.3, 0.4) is 0 Å². The SMILES string of the molecule is Cc1cnn(CCNc2ncc(Cl)cc2N)c1. The van der Waals surface area contributed by atoms with Crippen molar-refractivity contribution in [2.75, 3.05) is 17.6 Å². The summed E-state index contributed by atoms with van der Waals surface area (Å²) in [6.07, 6.45) is 5.38. The molecule has 0 saturated heterocycles. The Labute approximate surface area is 105 Å². The summed E-state index contributed by atoms with van der Waals surface area (Å²) in [6.45, 7) is 3.48. The summed E-state index contributed by atoms with van der Waals surface area (Å²) in [4.78, 5) is 4.12. The highest BCUT2D eigenvalue weighted by Gasteiger charge is 2.01. The molecule has 2 aromatic rings. The first-order chi connectivity index (χ1) is 8.15. The first-order valence-corrected chi connectivity index (χ1v) is 5.67. The summed E-state index contributed by atoms with van der Waals surface area (Å²) < 4.78 is 1.87. The summed E-state index contributed by atoms with van der Waals surface area (Å²) >= 11 is 5.77. The van der Waals surface area contributed by atoms with Gasteiger partial charge in [0.2, 0.25) is 0 Å². The monoisotopic (exact) mass is 251 g/mol. The van der Waals surface area contributed by atoms with Gasteiger partial charge >= 0.3 is 0 Å². The molecule has 0 radical (unpaired) electrons. The molecule has 90 valence electrons. The second-order valence-electron chi connectivity index (χ2n) is 3.80. The van der Waals surface area contributed by atoms with Gasteiger partial charge in [0.05, 0.1) is 23.5 Å². The molecule has 0 bridgehead atoms. The normalized spacial score (nSPS) is 10.5. The number of rotatable bonds is 4. The summed E-state index contributed by atoms with van der Waals surface area (Å²) in [5, 5.41) is 7.87. The first kappa shape index (κ1) is 11.7. The highest BCUT2D eigenvalue weighted by atomic mass is 35.5. The van der Waals surface area contributed by atoms with Crippen molar-refractivity contribution in [3.63, 3.8) is 0 Å². The van der Waals surface area contributed by atoms with E-state index in [1.807, 2.05) is 24.0 Å². The molecule has 0 aliphatic carbocycles. The highest BCUT2D eigenvalue weighted by molar-refractivity contribution is 6.30. The molecule has 2 heterocycles. The van der Waals surface area contributed by atoms with E-state index >= 15 is 0 Å². The second-order valence-corrected chi connectivity index (χ2v) is 4.24. The second kappa shape index (κ2) is 5.05. The molecule has 2 aromatic heterocycles. The van der Waals surface area contributed by atoms with Crippen molar-refractivity contribution in [2.45, 2.75) is 13.5 Å². The molecule has 2 rings (SSSR count). The number of hydrogen-bond acceptors (Lipinski definition) is 4. The standard InChI is InChI=1S/C11H14ClN5/c1-8-5-16-17(7-8)3-2-14-11-10(13)4-9(12)6-15-11/h4-7H,2-3,13H2,1H3,(H,14,15). The van der Waals surface area contributed by atoms with E-state index in [0.29, 0.717) is 23.1 Å². The molecule has 0 amide bonds. The number of aryl methyl sites for hydroxylation is 1. The number of nitrogen functional groups attached to an aromatic ring is 1. The van der Waals surface area contributed by atoms with Crippen molar-refractivity contribution in [2.24, 2.45) is 0 Å². The lowest BCUT2D eigenvalue weighted by Gasteiger charge is -2.08. The van der Waals surface area contributed by atoms with E-state index in [0.717, 1.165) is 12.1 Å². The van der Waals surface area contributed by atoms with Gasteiger partial charge in [-0.2, -0.15) is 5.10 Å².